The van der Waals surface area contributed by atoms with Gasteiger partial charge in [0.2, 0.25) is 0 Å². The predicted octanol–water partition coefficient (Wildman–Crippen LogP) is 3.40. The average Bonchev–Trinajstić information content (AvgIpc) is 2.54. The summed E-state index contributed by atoms with van der Waals surface area (Å²) in [6.07, 6.45) is 5.20. The topological polar surface area (TPSA) is 32.3 Å². The van der Waals surface area contributed by atoms with Crippen LogP contribution in [-0.4, -0.2) is 31.3 Å². The van der Waals surface area contributed by atoms with Crippen molar-refractivity contribution in [2.75, 3.05) is 14.1 Å². The Hall–Kier alpha value is -1.87. The molecule has 0 amide bonds. The Kier molecular flexibility index (Phi) is 7.61. The minimum Gasteiger partial charge on any atom is -0.391 e. The van der Waals surface area contributed by atoms with Crippen LogP contribution in [0.15, 0.2) is 37.1 Å². The molecule has 1 unspecified atom stereocenters. The molecule has 0 aromatic heterocycles. The highest BCUT2D eigenvalue weighted by molar-refractivity contribution is 5.53. The van der Waals surface area contributed by atoms with Crippen LogP contribution in [-0.2, 0) is 17.8 Å². The normalized spacial score (nSPS) is 12.0. The first-order valence-electron chi connectivity index (χ1n) is 7.82. The Morgan fingerprint density at radius 3 is 2.73 bits per heavy atom. The Morgan fingerprint density at radius 1 is 1.45 bits per heavy atom. The molecule has 0 saturated heterocycles. The summed E-state index contributed by atoms with van der Waals surface area (Å²) < 4.78 is 0. The van der Waals surface area contributed by atoms with Gasteiger partial charge < -0.3 is 10.1 Å². The fraction of sp³-hybridized carbons (Fsp3) is 0.421. The van der Waals surface area contributed by atoms with Crippen molar-refractivity contribution < 1.29 is 4.79 Å². The second-order valence-corrected chi connectivity index (χ2v) is 5.54. The van der Waals surface area contributed by atoms with Gasteiger partial charge in [0.1, 0.15) is 6.29 Å². The molecule has 0 spiro atoms. The summed E-state index contributed by atoms with van der Waals surface area (Å²) in [5.41, 5.74) is 4.69. The van der Waals surface area contributed by atoms with Crippen molar-refractivity contribution in [3.05, 3.63) is 53.7 Å². The van der Waals surface area contributed by atoms with Crippen molar-refractivity contribution in [3.8, 4) is 0 Å². The molecule has 0 aliphatic carbocycles. The lowest BCUT2D eigenvalue weighted by Gasteiger charge is -2.30. The average molecular weight is 300 g/mol. The first-order chi connectivity index (χ1) is 10.6. The number of hydrogen-bond donors (Lipinski definition) is 1. The number of benzene rings is 1. The van der Waals surface area contributed by atoms with Crippen LogP contribution in [0.5, 0.6) is 0 Å². The van der Waals surface area contributed by atoms with Crippen LogP contribution in [0, 0.1) is 0 Å². The van der Waals surface area contributed by atoms with Gasteiger partial charge in [0, 0.05) is 31.8 Å². The Bertz CT molecular complexity index is 522. The van der Waals surface area contributed by atoms with Gasteiger partial charge in [-0.25, -0.2) is 0 Å². The molecule has 1 N–H and O–H groups in total. The molecule has 0 aliphatic heterocycles. The first kappa shape index (κ1) is 18.2. The lowest BCUT2D eigenvalue weighted by molar-refractivity contribution is -0.108. The maximum absolute atomic E-state index is 10.7. The molecule has 0 heterocycles. The van der Waals surface area contributed by atoms with Crippen molar-refractivity contribution in [1.29, 1.82) is 0 Å². The minimum absolute atomic E-state index is 0.137. The van der Waals surface area contributed by atoms with Gasteiger partial charge in [-0.1, -0.05) is 44.4 Å². The third kappa shape index (κ3) is 4.85. The van der Waals surface area contributed by atoms with E-state index in [-0.39, 0.29) is 6.04 Å². The minimum atomic E-state index is 0.137. The summed E-state index contributed by atoms with van der Waals surface area (Å²) in [4.78, 5) is 12.9. The van der Waals surface area contributed by atoms with Gasteiger partial charge in [0.05, 0.1) is 0 Å². The number of carbonyl (C=O) groups excluding carboxylic acids is 1. The summed E-state index contributed by atoms with van der Waals surface area (Å²) >= 11 is 0. The lowest BCUT2D eigenvalue weighted by Crippen LogP contribution is -2.36. The van der Waals surface area contributed by atoms with Gasteiger partial charge in [-0.3, -0.25) is 4.90 Å². The molecule has 0 saturated carbocycles. The monoisotopic (exact) mass is 300 g/mol. The lowest BCUT2D eigenvalue weighted by atomic mass is 10.0. The fourth-order valence-corrected chi connectivity index (χ4v) is 2.65. The van der Waals surface area contributed by atoms with E-state index >= 15 is 0 Å². The molecular weight excluding hydrogens is 272 g/mol. The number of carbonyl (C=O) groups is 1. The standard InChI is InChI=1S/C19H28N2O/c1-6-16-10-11-17(7-2)18(13-16)14-21(5)19(9-8-12-22)15(3)20-4/h7,10-13,19-20H,2-3,6,8-9,14H2,1,4-5H3. The number of nitrogens with one attached hydrogen (secondary N) is 1. The smallest absolute Gasteiger partial charge is 0.120 e. The summed E-state index contributed by atoms with van der Waals surface area (Å²) in [6, 6.07) is 6.66. The molecule has 1 aromatic rings. The maximum Gasteiger partial charge on any atom is 0.120 e. The quantitative estimate of drug-likeness (QED) is 0.672. The molecule has 0 fully saturated rings. The molecule has 1 aromatic carbocycles. The highest BCUT2D eigenvalue weighted by atomic mass is 16.1. The summed E-state index contributed by atoms with van der Waals surface area (Å²) in [5.74, 6) is 0. The summed E-state index contributed by atoms with van der Waals surface area (Å²) in [6.45, 7) is 10.9. The third-order valence-corrected chi connectivity index (χ3v) is 4.07. The Balaban J connectivity index is 2.96. The largest absolute Gasteiger partial charge is 0.391 e. The van der Waals surface area contributed by atoms with Crippen molar-refractivity contribution in [2.24, 2.45) is 0 Å². The van der Waals surface area contributed by atoms with E-state index in [0.717, 1.165) is 36.9 Å². The van der Waals surface area contributed by atoms with Crippen LogP contribution in [0.3, 0.4) is 0 Å². The number of rotatable bonds is 10. The zero-order valence-corrected chi connectivity index (χ0v) is 14.1. The van der Waals surface area contributed by atoms with Crippen molar-refractivity contribution >= 4 is 12.4 Å². The number of aldehydes is 1. The van der Waals surface area contributed by atoms with Crippen LogP contribution < -0.4 is 5.32 Å². The van der Waals surface area contributed by atoms with Crippen molar-refractivity contribution in [2.45, 2.75) is 38.8 Å². The van der Waals surface area contributed by atoms with Gasteiger partial charge in [0.25, 0.3) is 0 Å². The van der Waals surface area contributed by atoms with Crippen LogP contribution in [0.2, 0.25) is 0 Å². The van der Waals surface area contributed by atoms with Crippen molar-refractivity contribution in [3.63, 3.8) is 0 Å². The molecular formula is C19H28N2O. The molecule has 3 nitrogen and oxygen atoms in total. The van der Waals surface area contributed by atoms with E-state index in [2.05, 4.69) is 55.5 Å². The van der Waals surface area contributed by atoms with E-state index in [1.54, 1.807) is 0 Å². The number of hydrogen-bond acceptors (Lipinski definition) is 3. The van der Waals surface area contributed by atoms with Crippen LogP contribution in [0.25, 0.3) is 6.08 Å². The second-order valence-electron chi connectivity index (χ2n) is 5.54. The summed E-state index contributed by atoms with van der Waals surface area (Å²) in [5, 5.41) is 3.12. The zero-order valence-electron chi connectivity index (χ0n) is 14.1. The fourth-order valence-electron chi connectivity index (χ4n) is 2.65. The van der Waals surface area contributed by atoms with Gasteiger partial charge in [-0.15, -0.1) is 0 Å². The van der Waals surface area contributed by atoms with Gasteiger partial charge in [-0.2, -0.15) is 0 Å². The predicted molar refractivity (Wildman–Crippen MR) is 94.7 cm³/mol. The van der Waals surface area contributed by atoms with Gasteiger partial charge >= 0.3 is 0 Å². The van der Waals surface area contributed by atoms with E-state index in [9.17, 15) is 4.79 Å². The number of nitrogens with zero attached hydrogens (tertiary/aromatic N) is 1. The molecule has 1 atom stereocenters. The highest BCUT2D eigenvalue weighted by Gasteiger charge is 2.18. The molecule has 0 bridgehead atoms. The molecule has 120 valence electrons. The van der Waals surface area contributed by atoms with E-state index in [0.29, 0.717) is 6.42 Å². The summed E-state index contributed by atoms with van der Waals surface area (Å²) in [7, 11) is 3.94. The molecule has 0 aliphatic rings. The van der Waals surface area contributed by atoms with Crippen LogP contribution >= 0.6 is 0 Å². The highest BCUT2D eigenvalue weighted by Crippen LogP contribution is 2.19. The van der Waals surface area contributed by atoms with Gasteiger partial charge in [-0.05, 0) is 36.6 Å². The van der Waals surface area contributed by atoms with E-state index in [1.165, 1.54) is 11.1 Å². The molecule has 1 rings (SSSR count). The SMILES string of the molecule is C=Cc1ccc(CC)cc1CN(C)C(CCC=O)C(=C)NC. The van der Waals surface area contributed by atoms with Crippen molar-refractivity contribution in [1.82, 2.24) is 10.2 Å². The van der Waals surface area contributed by atoms with Crippen LogP contribution in [0.4, 0.5) is 0 Å². The molecule has 0 radical (unpaired) electrons. The molecule has 3 heteroatoms. The van der Waals surface area contributed by atoms with E-state index in [4.69, 9.17) is 0 Å². The second kappa shape index (κ2) is 9.21. The zero-order chi connectivity index (χ0) is 16.5. The Labute approximate surface area is 134 Å². The van der Waals surface area contributed by atoms with E-state index < -0.39 is 0 Å². The first-order valence-corrected chi connectivity index (χ1v) is 7.82. The molecule has 22 heavy (non-hydrogen) atoms. The van der Waals surface area contributed by atoms with E-state index in [1.807, 2.05) is 13.1 Å². The van der Waals surface area contributed by atoms with Gasteiger partial charge in [0.15, 0.2) is 0 Å². The van der Waals surface area contributed by atoms with Crippen LogP contribution in [0.1, 0.15) is 36.5 Å². The number of aryl methyl sites for hydroxylation is 1. The third-order valence-electron chi connectivity index (χ3n) is 4.07. The number of likely N-dealkylation sites (N-methyl/N-ethyl adjacent to an activating group) is 2. The Morgan fingerprint density at radius 2 is 2.18 bits per heavy atom. The maximum atomic E-state index is 10.7.